The van der Waals surface area contributed by atoms with Crippen LogP contribution in [-0.4, -0.2) is 80.8 Å². The molecular weight excluding hydrogens is 642 g/mol. The third kappa shape index (κ3) is 7.46. The SMILES string of the molecule is COc1ccc(-n2nnnc2C(F)(F)F)cc1CN1C[C@@H]2C[C@@H](NC(C)=O)CN2[C@H](C(c2ccccc2)c2ccccc2)C1.Cl.Cl. The van der Waals surface area contributed by atoms with Gasteiger partial charge in [0.05, 0.1) is 12.8 Å². The average molecular weight is 679 g/mol. The van der Waals surface area contributed by atoms with Crippen molar-refractivity contribution in [2.24, 2.45) is 0 Å². The number of alkyl halides is 3. The molecule has 3 aromatic carbocycles. The fraction of sp³-hybridized carbons (Fsp3) is 0.375. The highest BCUT2D eigenvalue weighted by atomic mass is 35.5. The van der Waals surface area contributed by atoms with Crippen molar-refractivity contribution in [2.75, 3.05) is 26.7 Å². The molecule has 2 aliphatic rings. The van der Waals surface area contributed by atoms with Crippen molar-refractivity contribution >= 4 is 30.7 Å². The Morgan fingerprint density at radius 3 is 2.22 bits per heavy atom. The van der Waals surface area contributed by atoms with E-state index < -0.39 is 12.0 Å². The van der Waals surface area contributed by atoms with E-state index in [1.165, 1.54) is 17.2 Å². The van der Waals surface area contributed by atoms with Crippen LogP contribution in [0, 0.1) is 0 Å². The second kappa shape index (κ2) is 14.8. The number of halogens is 5. The Balaban J connectivity index is 0.00000240. The average Bonchev–Trinajstić information content (AvgIpc) is 3.66. The van der Waals surface area contributed by atoms with E-state index in [1.807, 2.05) is 12.1 Å². The molecule has 46 heavy (non-hydrogen) atoms. The van der Waals surface area contributed by atoms with Gasteiger partial charge in [0.25, 0.3) is 5.82 Å². The Hall–Kier alpha value is -3.71. The minimum atomic E-state index is -4.70. The number of hydrogen-bond donors (Lipinski definition) is 1. The minimum Gasteiger partial charge on any atom is -0.496 e. The van der Waals surface area contributed by atoms with Gasteiger partial charge in [-0.25, -0.2) is 0 Å². The van der Waals surface area contributed by atoms with Crippen LogP contribution < -0.4 is 10.1 Å². The van der Waals surface area contributed by atoms with Crippen LogP contribution in [0.1, 0.15) is 41.8 Å². The third-order valence-corrected chi connectivity index (χ3v) is 8.53. The highest BCUT2D eigenvalue weighted by Gasteiger charge is 2.45. The van der Waals surface area contributed by atoms with Gasteiger partial charge in [0, 0.05) is 62.7 Å². The van der Waals surface area contributed by atoms with Gasteiger partial charge in [-0.1, -0.05) is 60.7 Å². The lowest BCUT2D eigenvalue weighted by Crippen LogP contribution is -2.58. The molecule has 9 nitrogen and oxygen atoms in total. The first-order valence-electron chi connectivity index (χ1n) is 14.6. The zero-order valence-corrected chi connectivity index (χ0v) is 26.9. The largest absolute Gasteiger partial charge is 0.496 e. The molecule has 2 saturated heterocycles. The number of nitrogens with one attached hydrogen (secondary N) is 1. The van der Waals surface area contributed by atoms with E-state index in [9.17, 15) is 18.0 Å². The van der Waals surface area contributed by atoms with Crippen molar-refractivity contribution in [2.45, 2.75) is 50.1 Å². The van der Waals surface area contributed by atoms with E-state index in [0.29, 0.717) is 23.5 Å². The zero-order chi connectivity index (χ0) is 30.8. The molecule has 0 saturated carbocycles. The quantitative estimate of drug-likeness (QED) is 0.277. The Kier molecular flexibility index (Phi) is 11.3. The molecule has 0 bridgehead atoms. The number of amides is 1. The van der Waals surface area contributed by atoms with Crippen LogP contribution in [0.3, 0.4) is 0 Å². The van der Waals surface area contributed by atoms with Crippen LogP contribution in [0.15, 0.2) is 78.9 Å². The molecule has 4 aromatic rings. The summed E-state index contributed by atoms with van der Waals surface area (Å²) in [5.41, 5.74) is 3.33. The van der Waals surface area contributed by atoms with E-state index in [4.69, 9.17) is 4.74 Å². The maximum atomic E-state index is 13.6. The molecule has 0 aliphatic carbocycles. The smallest absolute Gasteiger partial charge is 0.453 e. The van der Waals surface area contributed by atoms with Gasteiger partial charge in [-0.05, 0) is 46.2 Å². The first-order valence-corrected chi connectivity index (χ1v) is 14.6. The molecule has 14 heteroatoms. The van der Waals surface area contributed by atoms with E-state index >= 15 is 0 Å². The van der Waals surface area contributed by atoms with Gasteiger partial charge in [0.15, 0.2) is 0 Å². The van der Waals surface area contributed by atoms with Gasteiger partial charge in [0.2, 0.25) is 5.91 Å². The number of ether oxygens (including phenoxy) is 1. The third-order valence-electron chi connectivity index (χ3n) is 8.53. The lowest BCUT2D eigenvalue weighted by Gasteiger charge is -2.47. The Morgan fingerprint density at radius 2 is 1.63 bits per heavy atom. The predicted molar refractivity (Wildman–Crippen MR) is 172 cm³/mol. The van der Waals surface area contributed by atoms with Crippen molar-refractivity contribution in [3.63, 3.8) is 0 Å². The summed E-state index contributed by atoms with van der Waals surface area (Å²) in [6, 6.07) is 26.0. The standard InChI is InChI=1S/C32H34F3N7O2.2ClH/c1-21(43)36-25-16-27-19-40(17-24-15-26(13-14-29(24)44-2)42-31(32(33,34)35)37-38-39-42)20-28(41(27)18-25)30(22-9-5-3-6-10-22)23-11-7-4-8-12-23;;/h3-15,25,27-28,30H,16-20H2,1-2H3,(H,36,43);2*1H/t25-,27+,28+;;/m1../s1. The normalized spacial score (nSPS) is 20.0. The van der Waals surface area contributed by atoms with Crippen molar-refractivity contribution < 1.29 is 22.7 Å². The minimum absolute atomic E-state index is 0. The van der Waals surface area contributed by atoms with Crippen LogP contribution in [0.2, 0.25) is 0 Å². The van der Waals surface area contributed by atoms with E-state index in [1.54, 1.807) is 26.2 Å². The second-order valence-corrected chi connectivity index (χ2v) is 11.5. The number of nitrogens with zero attached hydrogens (tertiary/aromatic N) is 6. The van der Waals surface area contributed by atoms with Gasteiger partial charge >= 0.3 is 6.18 Å². The second-order valence-electron chi connectivity index (χ2n) is 11.5. The number of tetrazole rings is 1. The number of carbonyl (C=O) groups is 1. The highest BCUT2D eigenvalue weighted by Crippen LogP contribution is 2.39. The molecule has 3 heterocycles. The van der Waals surface area contributed by atoms with Crippen LogP contribution >= 0.6 is 24.8 Å². The van der Waals surface area contributed by atoms with Crippen LogP contribution in [-0.2, 0) is 17.5 Å². The number of piperazine rings is 1. The fourth-order valence-corrected chi connectivity index (χ4v) is 6.84. The highest BCUT2D eigenvalue weighted by molar-refractivity contribution is 5.85. The molecule has 3 atom stereocenters. The number of benzene rings is 3. The summed E-state index contributed by atoms with van der Waals surface area (Å²) in [7, 11) is 1.55. The first-order chi connectivity index (χ1) is 21.2. The Morgan fingerprint density at radius 1 is 0.978 bits per heavy atom. The number of methoxy groups -OCH3 is 1. The molecular formula is C32H36Cl2F3N7O2. The summed E-state index contributed by atoms with van der Waals surface area (Å²) in [5, 5.41) is 13.2. The van der Waals surface area contributed by atoms with Crippen LogP contribution in [0.5, 0.6) is 5.75 Å². The molecule has 1 amide bonds. The summed E-state index contributed by atoms with van der Waals surface area (Å²) >= 11 is 0. The molecule has 2 fully saturated rings. The number of aromatic nitrogens is 4. The van der Waals surface area contributed by atoms with E-state index in [2.05, 4.69) is 79.2 Å². The van der Waals surface area contributed by atoms with Crippen molar-refractivity contribution in [3.8, 4) is 11.4 Å². The molecule has 246 valence electrons. The summed E-state index contributed by atoms with van der Waals surface area (Å²) in [6.45, 7) is 4.17. The summed E-state index contributed by atoms with van der Waals surface area (Å²) in [4.78, 5) is 16.9. The first kappa shape index (κ1) is 35.1. The van der Waals surface area contributed by atoms with Crippen LogP contribution in [0.25, 0.3) is 5.69 Å². The van der Waals surface area contributed by atoms with Crippen molar-refractivity contribution in [1.29, 1.82) is 0 Å². The Bertz CT molecular complexity index is 1550. The number of hydrogen-bond acceptors (Lipinski definition) is 7. The predicted octanol–water partition coefficient (Wildman–Crippen LogP) is 5.13. The number of rotatable bonds is 8. The van der Waals surface area contributed by atoms with Crippen molar-refractivity contribution in [3.05, 3.63) is 101 Å². The van der Waals surface area contributed by atoms with Crippen LogP contribution in [0.4, 0.5) is 13.2 Å². The molecule has 0 unspecified atom stereocenters. The van der Waals surface area contributed by atoms with Gasteiger partial charge in [-0.2, -0.15) is 17.9 Å². The Labute approximate surface area is 277 Å². The zero-order valence-electron chi connectivity index (χ0n) is 25.3. The molecule has 1 aromatic heterocycles. The molecule has 1 N–H and O–H groups in total. The molecule has 2 aliphatic heterocycles. The molecule has 0 spiro atoms. The monoisotopic (exact) mass is 677 g/mol. The van der Waals surface area contributed by atoms with E-state index in [0.717, 1.165) is 25.1 Å². The van der Waals surface area contributed by atoms with Gasteiger partial charge in [0.1, 0.15) is 5.75 Å². The maximum Gasteiger partial charge on any atom is 0.453 e. The summed E-state index contributed by atoms with van der Waals surface area (Å²) < 4.78 is 47.1. The molecule has 0 radical (unpaired) electrons. The number of carbonyl (C=O) groups excluding carboxylic acids is 1. The summed E-state index contributed by atoms with van der Waals surface area (Å²) in [6.07, 6.45) is -3.90. The molecule has 6 rings (SSSR count). The lowest BCUT2D eigenvalue weighted by molar-refractivity contribution is -0.146. The lowest BCUT2D eigenvalue weighted by atomic mass is 9.82. The fourth-order valence-electron chi connectivity index (χ4n) is 6.84. The van der Waals surface area contributed by atoms with Crippen molar-refractivity contribution in [1.82, 2.24) is 35.3 Å². The van der Waals surface area contributed by atoms with E-state index in [-0.39, 0.29) is 60.5 Å². The maximum absolute atomic E-state index is 13.6. The topological polar surface area (TPSA) is 88.4 Å². The number of fused-ring (bicyclic) bond motifs is 1. The van der Waals surface area contributed by atoms with Gasteiger partial charge < -0.3 is 10.1 Å². The van der Waals surface area contributed by atoms with Gasteiger partial charge in [-0.3, -0.25) is 14.6 Å². The van der Waals surface area contributed by atoms with Gasteiger partial charge in [-0.15, -0.1) is 29.9 Å². The summed E-state index contributed by atoms with van der Waals surface area (Å²) in [5.74, 6) is -0.610.